The maximum atomic E-state index is 5.55. The molecule has 2 atom stereocenters. The van der Waals surface area contributed by atoms with E-state index in [9.17, 15) is 0 Å². The summed E-state index contributed by atoms with van der Waals surface area (Å²) in [5, 5.41) is 3.54. The van der Waals surface area contributed by atoms with Gasteiger partial charge in [0.1, 0.15) is 18.0 Å². The monoisotopic (exact) mass is 283 g/mol. The summed E-state index contributed by atoms with van der Waals surface area (Å²) in [5.74, 6) is 8.00. The molecular formula is C16H21N5. The summed E-state index contributed by atoms with van der Waals surface area (Å²) in [6.45, 7) is 4.23. The van der Waals surface area contributed by atoms with Gasteiger partial charge in [0.15, 0.2) is 0 Å². The number of nitrogens with zero attached hydrogens (tertiary/aromatic N) is 2. The molecule has 1 fully saturated rings. The Morgan fingerprint density at radius 2 is 1.86 bits per heavy atom. The van der Waals surface area contributed by atoms with Crippen molar-refractivity contribution in [1.29, 1.82) is 0 Å². The second-order valence-corrected chi connectivity index (χ2v) is 5.79. The lowest BCUT2D eigenvalue weighted by atomic mass is 10.0. The Labute approximate surface area is 125 Å². The quantitative estimate of drug-likeness (QED) is 0.581. The van der Waals surface area contributed by atoms with E-state index in [1.165, 1.54) is 5.56 Å². The Morgan fingerprint density at radius 3 is 2.52 bits per heavy atom. The van der Waals surface area contributed by atoms with Crippen LogP contribution in [-0.2, 0) is 0 Å². The van der Waals surface area contributed by atoms with Crippen LogP contribution in [0.1, 0.15) is 43.2 Å². The first-order chi connectivity index (χ1) is 10.2. The summed E-state index contributed by atoms with van der Waals surface area (Å²) >= 11 is 0. The van der Waals surface area contributed by atoms with E-state index in [1.54, 1.807) is 6.33 Å². The molecule has 0 saturated heterocycles. The molecule has 1 aromatic heterocycles. The number of nitrogens with two attached hydrogens (primary N) is 1. The van der Waals surface area contributed by atoms with Gasteiger partial charge in [-0.15, -0.1) is 0 Å². The van der Waals surface area contributed by atoms with Crippen molar-refractivity contribution in [2.75, 3.05) is 10.7 Å². The van der Waals surface area contributed by atoms with E-state index in [1.807, 2.05) is 0 Å². The van der Waals surface area contributed by atoms with E-state index in [0.717, 1.165) is 17.8 Å². The van der Waals surface area contributed by atoms with E-state index in [4.69, 9.17) is 5.84 Å². The van der Waals surface area contributed by atoms with Crippen molar-refractivity contribution >= 4 is 11.6 Å². The fourth-order valence-electron chi connectivity index (χ4n) is 2.77. The number of nitrogen functional groups attached to an aromatic ring is 1. The number of hydrogen-bond donors (Lipinski definition) is 3. The topological polar surface area (TPSA) is 75.9 Å². The highest BCUT2D eigenvalue weighted by molar-refractivity contribution is 5.59. The van der Waals surface area contributed by atoms with Gasteiger partial charge in [0.2, 0.25) is 0 Å². The molecule has 0 aliphatic heterocycles. The molecule has 1 heterocycles. The lowest BCUT2D eigenvalue weighted by Gasteiger charge is -2.16. The van der Waals surface area contributed by atoms with Crippen molar-refractivity contribution in [2.24, 2.45) is 5.84 Å². The van der Waals surface area contributed by atoms with Gasteiger partial charge in [0.25, 0.3) is 0 Å². The average Bonchev–Trinajstić information content (AvgIpc) is 3.26. The number of hydrogen-bond acceptors (Lipinski definition) is 5. The van der Waals surface area contributed by atoms with Gasteiger partial charge in [-0.1, -0.05) is 44.2 Å². The lowest BCUT2D eigenvalue weighted by Crippen LogP contribution is -2.16. The van der Waals surface area contributed by atoms with E-state index < -0.39 is 0 Å². The highest BCUT2D eigenvalue weighted by Gasteiger charge is 2.39. The molecule has 3 rings (SSSR count). The highest BCUT2D eigenvalue weighted by Crippen LogP contribution is 2.43. The van der Waals surface area contributed by atoms with Crippen molar-refractivity contribution < 1.29 is 0 Å². The van der Waals surface area contributed by atoms with Crippen LogP contribution in [0.3, 0.4) is 0 Å². The highest BCUT2D eigenvalue weighted by atomic mass is 15.3. The molecule has 1 aromatic carbocycles. The minimum Gasteiger partial charge on any atom is -0.366 e. The normalized spacial score (nSPS) is 20.4. The van der Waals surface area contributed by atoms with Crippen LogP contribution in [0, 0.1) is 0 Å². The van der Waals surface area contributed by atoms with Crippen molar-refractivity contribution in [1.82, 2.24) is 9.97 Å². The molecule has 2 unspecified atom stereocenters. The first-order valence-corrected chi connectivity index (χ1v) is 7.33. The van der Waals surface area contributed by atoms with Gasteiger partial charge in [-0.05, 0) is 17.9 Å². The van der Waals surface area contributed by atoms with Crippen molar-refractivity contribution in [2.45, 2.75) is 38.1 Å². The second kappa shape index (κ2) is 5.69. The fraction of sp³-hybridized carbons (Fsp3) is 0.375. The van der Waals surface area contributed by atoms with Crippen molar-refractivity contribution in [3.05, 3.63) is 47.8 Å². The molecular weight excluding hydrogens is 262 g/mol. The van der Waals surface area contributed by atoms with Gasteiger partial charge < -0.3 is 10.7 Å². The fourth-order valence-corrected chi connectivity index (χ4v) is 2.77. The minimum atomic E-state index is 0.300. The zero-order valence-corrected chi connectivity index (χ0v) is 12.4. The molecule has 1 aliphatic rings. The zero-order chi connectivity index (χ0) is 14.8. The second-order valence-electron chi connectivity index (χ2n) is 5.79. The van der Waals surface area contributed by atoms with Gasteiger partial charge >= 0.3 is 0 Å². The number of nitrogens with one attached hydrogen (secondary N) is 2. The van der Waals surface area contributed by atoms with Crippen molar-refractivity contribution in [3.63, 3.8) is 0 Å². The standard InChI is InChI=1S/C16H21N5/c1-10(2)14-15(18-9-19-16(14)21-17)20-13-8-12(13)11-6-4-3-5-7-11/h3-7,9-10,12-13H,8,17H2,1-2H3,(H2,18,19,20,21). The molecule has 1 saturated carbocycles. The minimum absolute atomic E-state index is 0.300. The first-order valence-electron chi connectivity index (χ1n) is 7.33. The summed E-state index contributed by atoms with van der Waals surface area (Å²) in [7, 11) is 0. The molecule has 0 amide bonds. The van der Waals surface area contributed by atoms with E-state index in [-0.39, 0.29) is 0 Å². The predicted octanol–water partition coefficient (Wildman–Crippen LogP) is 2.85. The maximum absolute atomic E-state index is 5.55. The van der Waals surface area contributed by atoms with Gasteiger partial charge in [-0.2, -0.15) is 0 Å². The molecule has 110 valence electrons. The molecule has 5 heteroatoms. The van der Waals surface area contributed by atoms with Crippen LogP contribution in [0.2, 0.25) is 0 Å². The molecule has 2 aromatic rings. The molecule has 0 bridgehead atoms. The third-order valence-corrected chi connectivity index (χ3v) is 3.94. The molecule has 0 radical (unpaired) electrons. The van der Waals surface area contributed by atoms with Crippen LogP contribution in [-0.4, -0.2) is 16.0 Å². The van der Waals surface area contributed by atoms with Gasteiger partial charge in [0.05, 0.1) is 0 Å². The summed E-state index contributed by atoms with van der Waals surface area (Å²) in [5.41, 5.74) is 5.09. The third-order valence-electron chi connectivity index (χ3n) is 3.94. The average molecular weight is 283 g/mol. The van der Waals surface area contributed by atoms with Crippen LogP contribution in [0.25, 0.3) is 0 Å². The van der Waals surface area contributed by atoms with Crippen LogP contribution in [0.5, 0.6) is 0 Å². The molecule has 1 aliphatic carbocycles. The number of anilines is 2. The third kappa shape index (κ3) is 2.83. The summed E-state index contributed by atoms with van der Waals surface area (Å²) < 4.78 is 0. The number of hydrazine groups is 1. The van der Waals surface area contributed by atoms with Gasteiger partial charge in [0, 0.05) is 17.5 Å². The molecule has 5 nitrogen and oxygen atoms in total. The largest absolute Gasteiger partial charge is 0.366 e. The summed E-state index contributed by atoms with van der Waals surface area (Å²) in [4.78, 5) is 8.60. The Bertz CT molecular complexity index is 611. The van der Waals surface area contributed by atoms with Crippen molar-refractivity contribution in [3.8, 4) is 0 Å². The Balaban J connectivity index is 1.78. The van der Waals surface area contributed by atoms with Gasteiger partial charge in [-0.3, -0.25) is 0 Å². The summed E-state index contributed by atoms with van der Waals surface area (Å²) in [6, 6.07) is 11.0. The molecule has 0 spiro atoms. The van der Waals surface area contributed by atoms with E-state index in [2.05, 4.69) is 64.9 Å². The Hall–Kier alpha value is -2.14. The summed E-state index contributed by atoms with van der Waals surface area (Å²) in [6.07, 6.45) is 2.68. The maximum Gasteiger partial charge on any atom is 0.148 e. The predicted molar refractivity (Wildman–Crippen MR) is 85.1 cm³/mol. The zero-order valence-electron chi connectivity index (χ0n) is 12.4. The van der Waals surface area contributed by atoms with Crippen LogP contribution in [0.15, 0.2) is 36.7 Å². The smallest absolute Gasteiger partial charge is 0.148 e. The van der Waals surface area contributed by atoms with Crippen LogP contribution in [0.4, 0.5) is 11.6 Å². The SMILES string of the molecule is CC(C)c1c(NN)ncnc1NC1CC1c1ccccc1. The van der Waals surface area contributed by atoms with Crippen LogP contribution >= 0.6 is 0 Å². The van der Waals surface area contributed by atoms with E-state index in [0.29, 0.717) is 23.7 Å². The van der Waals surface area contributed by atoms with E-state index >= 15 is 0 Å². The Morgan fingerprint density at radius 1 is 1.14 bits per heavy atom. The molecule has 4 N–H and O–H groups in total. The lowest BCUT2D eigenvalue weighted by molar-refractivity contribution is 0.843. The number of benzene rings is 1. The number of rotatable bonds is 5. The molecule has 21 heavy (non-hydrogen) atoms. The van der Waals surface area contributed by atoms with Gasteiger partial charge in [-0.25, -0.2) is 15.8 Å². The van der Waals surface area contributed by atoms with Crippen LogP contribution < -0.4 is 16.6 Å². The first kappa shape index (κ1) is 13.8. The number of aromatic nitrogens is 2. The Kier molecular flexibility index (Phi) is 3.75.